The average molecular weight is 184 g/mol. The van der Waals surface area contributed by atoms with Gasteiger partial charge in [0, 0.05) is 0 Å². The van der Waals surface area contributed by atoms with Crippen molar-refractivity contribution in [3.8, 4) is 0 Å². The minimum absolute atomic E-state index is 0.812. The van der Waals surface area contributed by atoms with Crippen LogP contribution in [0.1, 0.15) is 0 Å². The molecule has 2 N–H and O–H groups in total. The molecule has 0 saturated heterocycles. The van der Waals surface area contributed by atoms with E-state index in [0.29, 0.717) is 0 Å². The fourth-order valence-electron chi connectivity index (χ4n) is 0. The standard InChI is InChI=1S/2Co.2H2O.2O/h;;2*1H2;;/q2*+1;;;;/p-2. The van der Waals surface area contributed by atoms with Gasteiger partial charge in [-0.05, 0) is 0 Å². The van der Waals surface area contributed by atoms with Crippen LogP contribution in [0.25, 0.3) is 0 Å². The van der Waals surface area contributed by atoms with Crippen molar-refractivity contribution in [3.05, 3.63) is 0 Å². The number of rotatable bonds is 0. The zero-order chi connectivity index (χ0) is 5.41. The van der Waals surface area contributed by atoms with Crippen LogP contribution >= 0.6 is 0 Å². The predicted molar refractivity (Wildman–Crippen MR) is 5.81 cm³/mol. The maximum absolute atomic E-state index is 8.45. The van der Waals surface area contributed by atoms with Crippen LogP contribution in [0, 0.1) is 0 Å². The Balaban J connectivity index is 0. The second-order valence-electron chi connectivity index (χ2n) is 0.122. The SMILES string of the molecule is [O]=[Co][OH].[O]=[Co][OH]. The van der Waals surface area contributed by atoms with Crippen LogP contribution in [-0.4, -0.2) is 8.44 Å². The van der Waals surface area contributed by atoms with Crippen LogP contribution in [0.4, 0.5) is 0 Å². The van der Waals surface area contributed by atoms with Crippen molar-refractivity contribution in [3.63, 3.8) is 0 Å². The van der Waals surface area contributed by atoms with Gasteiger partial charge in [0.1, 0.15) is 0 Å². The zero-order valence-electron chi connectivity index (χ0n) is 2.38. The summed E-state index contributed by atoms with van der Waals surface area (Å²) in [5.41, 5.74) is 0. The molecule has 0 atom stereocenters. The Morgan fingerprint density at radius 2 is 1.00 bits per heavy atom. The van der Waals surface area contributed by atoms with Crippen LogP contribution in [0.2, 0.25) is 0 Å². The van der Waals surface area contributed by atoms with Crippen molar-refractivity contribution in [2.75, 3.05) is 0 Å². The summed E-state index contributed by atoms with van der Waals surface area (Å²) >= 11 is -1.62. The van der Waals surface area contributed by atoms with Gasteiger partial charge in [0.05, 0.1) is 0 Å². The summed E-state index contributed by atoms with van der Waals surface area (Å²) in [4.78, 5) is 0. The van der Waals surface area contributed by atoms with E-state index in [2.05, 4.69) is 0 Å². The monoisotopic (exact) mass is 184 g/mol. The van der Waals surface area contributed by atoms with E-state index in [9.17, 15) is 0 Å². The van der Waals surface area contributed by atoms with Crippen molar-refractivity contribution >= 4 is 0 Å². The Morgan fingerprint density at radius 3 is 1.00 bits per heavy atom. The topological polar surface area (TPSA) is 74.6 Å². The Kier molecular flexibility index (Phi) is 28.7. The number of hydrogen-bond acceptors (Lipinski definition) is 2. The van der Waals surface area contributed by atoms with Gasteiger partial charge in [-0.15, -0.1) is 0 Å². The molecule has 0 unspecified atom stereocenters. The third-order valence-electron chi connectivity index (χ3n) is 0. The zero-order valence-corrected chi connectivity index (χ0v) is 4.46. The van der Waals surface area contributed by atoms with Gasteiger partial charge in [0.25, 0.3) is 0 Å². The third-order valence-corrected chi connectivity index (χ3v) is 0. The molecule has 0 rings (SSSR count). The van der Waals surface area contributed by atoms with E-state index in [1.54, 1.807) is 0 Å². The van der Waals surface area contributed by atoms with E-state index in [0.717, 1.165) is 0 Å². The van der Waals surface area contributed by atoms with Gasteiger partial charge >= 0.3 is 46.1 Å². The van der Waals surface area contributed by atoms with Crippen LogP contribution in [0.15, 0.2) is 0 Å². The molecule has 0 heterocycles. The fourth-order valence-corrected chi connectivity index (χ4v) is 0. The molecule has 0 fully saturated rings. The van der Waals surface area contributed by atoms with Crippen LogP contribution in [0.3, 0.4) is 0 Å². The van der Waals surface area contributed by atoms with Crippen molar-refractivity contribution in [1.29, 1.82) is 0 Å². The normalized spacial score (nSPS) is 7.00. The summed E-state index contributed by atoms with van der Waals surface area (Å²) in [6, 6.07) is 0. The third kappa shape index (κ3) is 199. The first kappa shape index (κ1) is 9.73. The van der Waals surface area contributed by atoms with Crippen LogP contribution < -0.4 is 0 Å². The fraction of sp³-hybridized carbons (Fsp3) is 0. The van der Waals surface area contributed by atoms with Crippen LogP contribution in [0.5, 0.6) is 0 Å². The second kappa shape index (κ2) is 17.7. The van der Waals surface area contributed by atoms with Gasteiger partial charge in [-0.1, -0.05) is 0 Å². The molecule has 0 aliphatic rings. The van der Waals surface area contributed by atoms with Crippen molar-refractivity contribution in [1.82, 2.24) is 0 Å². The summed E-state index contributed by atoms with van der Waals surface area (Å²) in [5, 5.41) is 0. The minimum atomic E-state index is -0.812. The summed E-state index contributed by atoms with van der Waals surface area (Å²) < 4.78 is 30.9. The summed E-state index contributed by atoms with van der Waals surface area (Å²) in [6.45, 7) is 0. The Morgan fingerprint density at radius 1 is 1.00 bits per heavy atom. The van der Waals surface area contributed by atoms with E-state index >= 15 is 0 Å². The van der Waals surface area contributed by atoms with E-state index < -0.39 is 29.9 Å². The molecule has 0 aromatic rings. The van der Waals surface area contributed by atoms with E-state index in [4.69, 9.17) is 16.2 Å². The maximum atomic E-state index is 8.45. The molecule has 0 aliphatic carbocycles. The van der Waals surface area contributed by atoms with E-state index in [1.165, 1.54) is 0 Å². The molecule has 4 nitrogen and oxygen atoms in total. The van der Waals surface area contributed by atoms with Crippen molar-refractivity contribution < 1.29 is 46.1 Å². The van der Waals surface area contributed by atoms with Crippen molar-refractivity contribution in [2.24, 2.45) is 0 Å². The molecule has 0 aromatic heterocycles. The number of hydrogen-bond donors (Lipinski definition) is 2. The van der Waals surface area contributed by atoms with Gasteiger partial charge in [-0.3, -0.25) is 0 Å². The predicted octanol–water partition coefficient (Wildman–Crippen LogP) is -1.36. The molecule has 0 radical (unpaired) electrons. The van der Waals surface area contributed by atoms with Crippen molar-refractivity contribution in [2.45, 2.75) is 0 Å². The Bertz CT molecular complexity index is 26.5. The Hall–Kier alpha value is 0.533. The first-order valence-corrected chi connectivity index (χ1v) is 2.35. The molecule has 0 aliphatic heterocycles. The molecule has 0 aromatic carbocycles. The first-order chi connectivity index (χ1) is 2.83. The summed E-state index contributed by atoms with van der Waals surface area (Å²) in [5.74, 6) is 0. The average Bonchev–Trinajstić information content (AvgIpc) is 1.39. The van der Waals surface area contributed by atoms with E-state index in [1.807, 2.05) is 0 Å². The summed E-state index contributed by atoms with van der Waals surface area (Å²) in [6.07, 6.45) is 0. The molecule has 6 heteroatoms. The Labute approximate surface area is 46.5 Å². The molecule has 0 amide bonds. The van der Waals surface area contributed by atoms with Gasteiger partial charge in [0.2, 0.25) is 0 Å². The first-order valence-electron chi connectivity index (χ1n) is 0.570. The quantitative estimate of drug-likeness (QED) is 0.487. The van der Waals surface area contributed by atoms with Crippen LogP contribution in [-0.2, 0) is 37.6 Å². The molecule has 0 saturated carbocycles. The molecule has 44 valence electrons. The van der Waals surface area contributed by atoms with E-state index in [-0.39, 0.29) is 0 Å². The molecular weight excluding hydrogens is 182 g/mol. The van der Waals surface area contributed by atoms with Gasteiger partial charge in [-0.25, -0.2) is 0 Å². The summed E-state index contributed by atoms with van der Waals surface area (Å²) in [7, 11) is 0. The molecule has 0 spiro atoms. The van der Waals surface area contributed by atoms with Gasteiger partial charge < -0.3 is 0 Å². The molecule has 0 bridgehead atoms. The molecular formula is H2Co2O4. The van der Waals surface area contributed by atoms with Gasteiger partial charge in [-0.2, -0.15) is 0 Å². The molecule has 6 heavy (non-hydrogen) atoms. The second-order valence-corrected chi connectivity index (χ2v) is 0.502. The van der Waals surface area contributed by atoms with Gasteiger partial charge in [0.15, 0.2) is 0 Å².